The van der Waals surface area contributed by atoms with E-state index in [4.69, 9.17) is 8.92 Å². The lowest BCUT2D eigenvalue weighted by atomic mass is 10.2. The number of alkyl halides is 1. The third-order valence-electron chi connectivity index (χ3n) is 2.62. The molecule has 0 aliphatic carbocycles. The molecular weight excluding hydrogens is 289 g/mol. The van der Waals surface area contributed by atoms with Crippen LogP contribution in [0.2, 0.25) is 0 Å². The van der Waals surface area contributed by atoms with E-state index in [1.807, 2.05) is 0 Å². The monoisotopic (exact) mass is 307 g/mol. The van der Waals surface area contributed by atoms with Crippen molar-refractivity contribution in [1.82, 2.24) is 4.90 Å². The number of ether oxygens (including phenoxy) is 1. The van der Waals surface area contributed by atoms with E-state index in [-0.39, 0.29) is 19.6 Å². The van der Waals surface area contributed by atoms with E-state index in [2.05, 4.69) is 6.58 Å². The number of carbonyl (C=O) groups is 1. The van der Waals surface area contributed by atoms with Crippen molar-refractivity contribution in [1.29, 1.82) is 0 Å². The fourth-order valence-electron chi connectivity index (χ4n) is 1.96. The van der Waals surface area contributed by atoms with Crippen LogP contribution in [0.3, 0.4) is 0 Å². The van der Waals surface area contributed by atoms with Crippen LogP contribution < -0.4 is 0 Å². The number of hydrogen-bond donors (Lipinski definition) is 0. The number of amides is 1. The summed E-state index contributed by atoms with van der Waals surface area (Å²) in [5.74, 6) is 0. The van der Waals surface area contributed by atoms with Gasteiger partial charge in [0, 0.05) is 6.42 Å². The summed E-state index contributed by atoms with van der Waals surface area (Å²) in [6.07, 6.45) is 4.13. The number of nitrogens with zero attached hydrogens (tertiary/aromatic N) is 1. The van der Waals surface area contributed by atoms with Crippen molar-refractivity contribution in [3.63, 3.8) is 0 Å². The Morgan fingerprint density at radius 2 is 2.25 bits per heavy atom. The van der Waals surface area contributed by atoms with Crippen molar-refractivity contribution in [3.8, 4) is 0 Å². The highest BCUT2D eigenvalue weighted by Gasteiger charge is 2.36. The maximum Gasteiger partial charge on any atom is 0.410 e. The Labute approximate surface area is 118 Å². The second-order valence-electron chi connectivity index (χ2n) is 4.33. The highest BCUT2D eigenvalue weighted by Crippen LogP contribution is 2.23. The molecule has 0 aromatic heterocycles. The number of hydrogen-bond acceptors (Lipinski definition) is 5. The maximum atomic E-state index is 12.2. The third kappa shape index (κ3) is 5.30. The largest absolute Gasteiger partial charge is 0.445 e. The van der Waals surface area contributed by atoms with Gasteiger partial charge < -0.3 is 4.74 Å². The molecule has 0 aromatic carbocycles. The first-order chi connectivity index (χ1) is 9.37. The van der Waals surface area contributed by atoms with Gasteiger partial charge in [-0.25, -0.2) is 9.18 Å². The Kier molecular flexibility index (Phi) is 6.15. The van der Waals surface area contributed by atoms with Gasteiger partial charge in [0.05, 0.1) is 24.9 Å². The molecular formula is C12H18FNO5S. The lowest BCUT2D eigenvalue weighted by molar-refractivity contribution is 0.109. The van der Waals surface area contributed by atoms with E-state index in [1.165, 1.54) is 23.1 Å². The summed E-state index contributed by atoms with van der Waals surface area (Å²) >= 11 is 0. The normalized spacial score (nSPS) is 23.2. The van der Waals surface area contributed by atoms with Crippen molar-refractivity contribution >= 4 is 16.2 Å². The van der Waals surface area contributed by atoms with Crippen LogP contribution in [0.1, 0.15) is 6.42 Å². The SMILES string of the molecule is C=CCOC(=O)N1C[C@H](OS(C)(=O)=O)C[C@H]1/C=C/CF. The minimum Gasteiger partial charge on any atom is -0.445 e. The first-order valence-corrected chi connectivity index (χ1v) is 7.84. The quantitative estimate of drug-likeness (QED) is 0.545. The number of allylic oxidation sites excluding steroid dienone is 1. The zero-order valence-electron chi connectivity index (χ0n) is 11.2. The predicted octanol–water partition coefficient (Wildman–Crippen LogP) is 1.25. The van der Waals surface area contributed by atoms with E-state index in [9.17, 15) is 17.6 Å². The molecule has 0 saturated carbocycles. The van der Waals surface area contributed by atoms with E-state index < -0.39 is 35.0 Å². The summed E-state index contributed by atoms with van der Waals surface area (Å²) in [6.45, 7) is 2.89. The Balaban J connectivity index is 2.75. The smallest absolute Gasteiger partial charge is 0.410 e. The first kappa shape index (κ1) is 16.6. The molecule has 1 amide bonds. The fraction of sp³-hybridized carbons (Fsp3) is 0.583. The molecule has 1 aliphatic rings. The van der Waals surface area contributed by atoms with Crippen LogP contribution in [0.15, 0.2) is 24.8 Å². The highest BCUT2D eigenvalue weighted by molar-refractivity contribution is 7.86. The van der Waals surface area contributed by atoms with Gasteiger partial charge in [0.25, 0.3) is 10.1 Å². The van der Waals surface area contributed by atoms with E-state index in [1.54, 1.807) is 0 Å². The van der Waals surface area contributed by atoms with Gasteiger partial charge in [-0.05, 0) is 0 Å². The standard InChI is InChI=1S/C12H18FNO5S/c1-3-7-18-12(15)14-9-11(19-20(2,16)17)8-10(14)5-4-6-13/h3-5,10-11H,1,6-9H2,2H3/b5-4+/t10-,11-/m1/s1. The van der Waals surface area contributed by atoms with Gasteiger partial charge in [-0.2, -0.15) is 8.42 Å². The van der Waals surface area contributed by atoms with Crippen LogP contribution >= 0.6 is 0 Å². The lowest BCUT2D eigenvalue weighted by Gasteiger charge is -2.20. The molecule has 0 bridgehead atoms. The first-order valence-electron chi connectivity index (χ1n) is 6.02. The van der Waals surface area contributed by atoms with Gasteiger partial charge in [0.15, 0.2) is 0 Å². The van der Waals surface area contributed by atoms with Crippen LogP contribution in [-0.2, 0) is 19.0 Å². The van der Waals surface area contributed by atoms with Crippen LogP contribution in [0.4, 0.5) is 9.18 Å². The summed E-state index contributed by atoms with van der Waals surface area (Å²) in [4.78, 5) is 13.1. The van der Waals surface area contributed by atoms with Gasteiger partial charge in [-0.15, -0.1) is 0 Å². The molecule has 1 aliphatic heterocycles. The second kappa shape index (κ2) is 7.39. The van der Waals surface area contributed by atoms with E-state index >= 15 is 0 Å². The minimum atomic E-state index is -3.61. The molecule has 1 rings (SSSR count). The zero-order valence-corrected chi connectivity index (χ0v) is 12.0. The zero-order chi connectivity index (χ0) is 15.2. The molecule has 0 aromatic rings. The average molecular weight is 307 g/mol. The van der Waals surface area contributed by atoms with Gasteiger partial charge in [0.1, 0.15) is 13.3 Å². The molecule has 0 spiro atoms. The van der Waals surface area contributed by atoms with Gasteiger partial charge >= 0.3 is 6.09 Å². The van der Waals surface area contributed by atoms with Crippen LogP contribution in [-0.4, -0.2) is 57.6 Å². The van der Waals surface area contributed by atoms with Crippen molar-refractivity contribution in [2.24, 2.45) is 0 Å². The molecule has 114 valence electrons. The Bertz CT molecular complexity index is 476. The summed E-state index contributed by atoms with van der Waals surface area (Å²) in [6, 6.07) is -0.449. The molecule has 2 atom stereocenters. The van der Waals surface area contributed by atoms with Crippen molar-refractivity contribution < 1.29 is 26.5 Å². The molecule has 8 heteroatoms. The topological polar surface area (TPSA) is 72.9 Å². The number of carbonyl (C=O) groups excluding carboxylic acids is 1. The third-order valence-corrected chi connectivity index (χ3v) is 3.24. The Hall–Kier alpha value is -1.41. The van der Waals surface area contributed by atoms with E-state index in [0.29, 0.717) is 0 Å². The molecule has 0 radical (unpaired) electrons. The molecule has 0 unspecified atom stereocenters. The molecule has 1 heterocycles. The predicted molar refractivity (Wildman–Crippen MR) is 71.5 cm³/mol. The number of likely N-dealkylation sites (tertiary alicyclic amines) is 1. The number of rotatable bonds is 6. The molecule has 0 N–H and O–H groups in total. The summed E-state index contributed by atoms with van der Waals surface area (Å²) < 4.78 is 44.2. The molecule has 20 heavy (non-hydrogen) atoms. The summed E-state index contributed by atoms with van der Waals surface area (Å²) in [5.41, 5.74) is 0. The minimum absolute atomic E-state index is 0.0481. The van der Waals surface area contributed by atoms with Crippen molar-refractivity contribution in [3.05, 3.63) is 24.8 Å². The summed E-state index contributed by atoms with van der Waals surface area (Å²) in [5, 5.41) is 0. The van der Waals surface area contributed by atoms with Gasteiger partial charge in [-0.3, -0.25) is 9.08 Å². The van der Waals surface area contributed by atoms with Gasteiger partial charge in [-0.1, -0.05) is 24.8 Å². The summed E-state index contributed by atoms with van der Waals surface area (Å²) in [7, 11) is -3.61. The molecule has 1 fully saturated rings. The van der Waals surface area contributed by atoms with Crippen molar-refractivity contribution in [2.45, 2.75) is 18.6 Å². The lowest BCUT2D eigenvalue weighted by Crippen LogP contribution is -2.35. The van der Waals surface area contributed by atoms with E-state index in [0.717, 1.165) is 6.26 Å². The van der Waals surface area contributed by atoms with Crippen LogP contribution in [0, 0.1) is 0 Å². The van der Waals surface area contributed by atoms with Gasteiger partial charge in [0.2, 0.25) is 0 Å². The Morgan fingerprint density at radius 1 is 1.55 bits per heavy atom. The number of halogens is 1. The molecule has 6 nitrogen and oxygen atoms in total. The maximum absolute atomic E-state index is 12.2. The Morgan fingerprint density at radius 3 is 2.80 bits per heavy atom. The highest BCUT2D eigenvalue weighted by atomic mass is 32.2. The van der Waals surface area contributed by atoms with Crippen LogP contribution in [0.25, 0.3) is 0 Å². The van der Waals surface area contributed by atoms with Crippen LogP contribution in [0.5, 0.6) is 0 Å². The fourth-order valence-corrected chi connectivity index (χ4v) is 2.59. The van der Waals surface area contributed by atoms with Crippen molar-refractivity contribution in [2.75, 3.05) is 26.1 Å². The molecule has 1 saturated heterocycles. The second-order valence-corrected chi connectivity index (χ2v) is 5.93. The average Bonchev–Trinajstić information content (AvgIpc) is 2.74.